The van der Waals surface area contributed by atoms with E-state index in [2.05, 4.69) is 15.9 Å². The van der Waals surface area contributed by atoms with Gasteiger partial charge in [-0.2, -0.15) is 5.06 Å². The van der Waals surface area contributed by atoms with Crippen molar-refractivity contribution >= 4 is 27.5 Å². The van der Waals surface area contributed by atoms with E-state index in [1.54, 1.807) is 7.05 Å². The summed E-state index contributed by atoms with van der Waals surface area (Å²) in [7, 11) is 1.59. The summed E-state index contributed by atoms with van der Waals surface area (Å²) in [5.41, 5.74) is 0.980. The number of nitrogens with zero attached hydrogens (tertiary/aromatic N) is 1. The van der Waals surface area contributed by atoms with E-state index in [-0.39, 0.29) is 0 Å². The van der Waals surface area contributed by atoms with Gasteiger partial charge in [0, 0.05) is 18.1 Å². The van der Waals surface area contributed by atoms with Crippen molar-refractivity contribution in [2.75, 3.05) is 7.05 Å². The fourth-order valence-corrected chi connectivity index (χ4v) is 1.35. The molecule has 0 spiro atoms. The molecule has 1 rings (SSSR count). The molecule has 0 radical (unpaired) electrons. The van der Waals surface area contributed by atoms with Gasteiger partial charge in [-0.1, -0.05) is 17.7 Å². The van der Waals surface area contributed by atoms with Gasteiger partial charge < -0.3 is 5.21 Å². The lowest BCUT2D eigenvalue weighted by molar-refractivity contribution is -0.0731. The minimum Gasteiger partial charge on any atom is -0.314 e. The van der Waals surface area contributed by atoms with Crippen LogP contribution in [0.15, 0.2) is 22.7 Å². The quantitative estimate of drug-likeness (QED) is 0.816. The minimum absolute atomic E-state index is 0.479. The maximum atomic E-state index is 8.94. The van der Waals surface area contributed by atoms with E-state index in [1.165, 1.54) is 0 Å². The zero-order valence-electron chi connectivity index (χ0n) is 6.59. The van der Waals surface area contributed by atoms with Gasteiger partial charge in [0.15, 0.2) is 0 Å². The van der Waals surface area contributed by atoms with Crippen LogP contribution < -0.4 is 0 Å². The van der Waals surface area contributed by atoms with Gasteiger partial charge in [0.05, 0.1) is 5.02 Å². The summed E-state index contributed by atoms with van der Waals surface area (Å²) >= 11 is 9.14. The first-order valence-electron chi connectivity index (χ1n) is 3.43. The van der Waals surface area contributed by atoms with Crippen molar-refractivity contribution in [2.24, 2.45) is 0 Å². The Hall–Kier alpha value is -0.0900. The van der Waals surface area contributed by atoms with Crippen molar-refractivity contribution in [3.8, 4) is 0 Å². The molecule has 0 aliphatic carbocycles. The zero-order valence-corrected chi connectivity index (χ0v) is 8.93. The summed E-state index contributed by atoms with van der Waals surface area (Å²) in [6, 6.07) is 5.59. The number of hydrogen-bond donors (Lipinski definition) is 1. The normalized spacial score (nSPS) is 10.8. The largest absolute Gasteiger partial charge is 0.314 e. The summed E-state index contributed by atoms with van der Waals surface area (Å²) in [6.45, 7) is 0.479. The highest BCUT2D eigenvalue weighted by atomic mass is 79.9. The summed E-state index contributed by atoms with van der Waals surface area (Å²) in [5, 5.41) is 10.7. The van der Waals surface area contributed by atoms with Crippen LogP contribution in [0.5, 0.6) is 0 Å². The number of halogens is 2. The van der Waals surface area contributed by atoms with Gasteiger partial charge in [0.1, 0.15) is 0 Å². The lowest BCUT2D eigenvalue weighted by Gasteiger charge is -2.08. The average Bonchev–Trinajstić information content (AvgIpc) is 1.96. The van der Waals surface area contributed by atoms with Crippen LogP contribution in [0, 0.1) is 0 Å². The van der Waals surface area contributed by atoms with Crippen LogP contribution in [0.3, 0.4) is 0 Å². The number of benzene rings is 1. The standard InChI is InChI=1S/C8H9BrClNO/c1-11(12)5-6-2-3-7(9)8(10)4-6/h2-4,12H,5H2,1H3. The topological polar surface area (TPSA) is 23.5 Å². The van der Waals surface area contributed by atoms with Crippen molar-refractivity contribution in [3.63, 3.8) is 0 Å². The number of hydroxylamine groups is 2. The third-order valence-corrected chi connectivity index (χ3v) is 2.63. The fraction of sp³-hybridized carbons (Fsp3) is 0.250. The van der Waals surface area contributed by atoms with Gasteiger partial charge in [-0.3, -0.25) is 0 Å². The Bertz CT molecular complexity index is 278. The van der Waals surface area contributed by atoms with Crippen LogP contribution in [-0.4, -0.2) is 17.3 Å². The highest BCUT2D eigenvalue weighted by Gasteiger charge is 2.00. The van der Waals surface area contributed by atoms with E-state index in [0.29, 0.717) is 11.6 Å². The van der Waals surface area contributed by atoms with Gasteiger partial charge in [0.2, 0.25) is 0 Å². The average molecular weight is 251 g/mol. The molecule has 0 heterocycles. The van der Waals surface area contributed by atoms with Gasteiger partial charge >= 0.3 is 0 Å². The van der Waals surface area contributed by atoms with Crippen LogP contribution in [0.2, 0.25) is 5.02 Å². The molecule has 0 amide bonds. The lowest BCUT2D eigenvalue weighted by atomic mass is 10.2. The molecule has 0 unspecified atom stereocenters. The molecule has 0 aromatic heterocycles. The predicted octanol–water partition coefficient (Wildman–Crippen LogP) is 2.92. The van der Waals surface area contributed by atoms with Gasteiger partial charge in [-0.05, 0) is 33.6 Å². The number of hydrogen-bond acceptors (Lipinski definition) is 2. The van der Waals surface area contributed by atoms with Crippen molar-refractivity contribution in [1.29, 1.82) is 0 Å². The second kappa shape index (κ2) is 4.23. The summed E-state index contributed by atoms with van der Waals surface area (Å²) in [5.74, 6) is 0. The third-order valence-electron chi connectivity index (χ3n) is 1.40. The smallest absolute Gasteiger partial charge is 0.0551 e. The first kappa shape index (κ1) is 9.99. The Kier molecular flexibility index (Phi) is 3.53. The Balaban J connectivity index is 2.82. The number of rotatable bonds is 2. The maximum Gasteiger partial charge on any atom is 0.0551 e. The van der Waals surface area contributed by atoms with Crippen molar-refractivity contribution < 1.29 is 5.21 Å². The van der Waals surface area contributed by atoms with Crippen molar-refractivity contribution in [2.45, 2.75) is 6.54 Å². The van der Waals surface area contributed by atoms with Gasteiger partial charge in [0.25, 0.3) is 0 Å². The molecule has 0 atom stereocenters. The van der Waals surface area contributed by atoms with E-state index in [4.69, 9.17) is 16.8 Å². The van der Waals surface area contributed by atoms with E-state index >= 15 is 0 Å². The maximum absolute atomic E-state index is 8.94. The highest BCUT2D eigenvalue weighted by molar-refractivity contribution is 9.10. The van der Waals surface area contributed by atoms with Crippen LogP contribution in [0.4, 0.5) is 0 Å². The molecule has 0 fully saturated rings. The van der Waals surface area contributed by atoms with Crippen LogP contribution in [-0.2, 0) is 6.54 Å². The molecule has 0 bridgehead atoms. The Labute approximate surface area is 84.8 Å². The Morgan fingerprint density at radius 3 is 2.75 bits per heavy atom. The fourth-order valence-electron chi connectivity index (χ4n) is 0.902. The molecule has 66 valence electrons. The molecule has 4 heteroatoms. The Morgan fingerprint density at radius 1 is 1.58 bits per heavy atom. The van der Waals surface area contributed by atoms with E-state index < -0.39 is 0 Å². The van der Waals surface area contributed by atoms with E-state index in [0.717, 1.165) is 15.1 Å². The molecule has 1 aromatic rings. The minimum atomic E-state index is 0.479. The second-order valence-corrected chi connectivity index (χ2v) is 3.83. The molecule has 0 aliphatic heterocycles. The van der Waals surface area contributed by atoms with Crippen LogP contribution in [0.25, 0.3) is 0 Å². The molecule has 0 aliphatic rings. The molecular formula is C8H9BrClNO. The highest BCUT2D eigenvalue weighted by Crippen LogP contribution is 2.23. The molecule has 0 saturated carbocycles. The van der Waals surface area contributed by atoms with Gasteiger partial charge in [-0.15, -0.1) is 0 Å². The first-order chi connectivity index (χ1) is 5.59. The Morgan fingerprint density at radius 2 is 2.25 bits per heavy atom. The second-order valence-electron chi connectivity index (χ2n) is 2.56. The van der Waals surface area contributed by atoms with E-state index in [9.17, 15) is 0 Å². The van der Waals surface area contributed by atoms with Crippen molar-refractivity contribution in [3.05, 3.63) is 33.3 Å². The molecule has 2 nitrogen and oxygen atoms in total. The molecule has 12 heavy (non-hydrogen) atoms. The van der Waals surface area contributed by atoms with Crippen LogP contribution >= 0.6 is 27.5 Å². The predicted molar refractivity (Wildman–Crippen MR) is 52.4 cm³/mol. The third kappa shape index (κ3) is 2.75. The first-order valence-corrected chi connectivity index (χ1v) is 4.60. The summed E-state index contributed by atoms with van der Waals surface area (Å²) in [6.07, 6.45) is 0. The molecule has 0 saturated heterocycles. The monoisotopic (exact) mass is 249 g/mol. The van der Waals surface area contributed by atoms with E-state index in [1.807, 2.05) is 18.2 Å². The van der Waals surface area contributed by atoms with Gasteiger partial charge in [-0.25, -0.2) is 0 Å². The summed E-state index contributed by atoms with van der Waals surface area (Å²) < 4.78 is 0.869. The lowest BCUT2D eigenvalue weighted by Crippen LogP contribution is -2.11. The molecular weight excluding hydrogens is 241 g/mol. The van der Waals surface area contributed by atoms with Crippen LogP contribution in [0.1, 0.15) is 5.56 Å². The van der Waals surface area contributed by atoms with Crippen molar-refractivity contribution in [1.82, 2.24) is 5.06 Å². The zero-order chi connectivity index (χ0) is 9.14. The molecule has 1 aromatic carbocycles. The molecule has 1 N–H and O–H groups in total. The SMILES string of the molecule is CN(O)Cc1ccc(Br)c(Cl)c1. The summed E-state index contributed by atoms with van der Waals surface area (Å²) in [4.78, 5) is 0.